The molecule has 0 bridgehead atoms. The summed E-state index contributed by atoms with van der Waals surface area (Å²) in [5.74, 6) is -5.50. The topological polar surface area (TPSA) is 46.5 Å². The highest BCUT2D eigenvalue weighted by Crippen LogP contribution is 2.30. The van der Waals surface area contributed by atoms with Gasteiger partial charge in [-0.3, -0.25) is 0 Å². The zero-order valence-corrected chi connectivity index (χ0v) is 9.51. The Kier molecular flexibility index (Phi) is 4.65. The fourth-order valence-corrected chi connectivity index (χ4v) is 1.07. The van der Waals surface area contributed by atoms with Crippen LogP contribution in [0.15, 0.2) is 0 Å². The molecule has 0 fully saturated rings. The van der Waals surface area contributed by atoms with Crippen molar-refractivity contribution in [2.75, 3.05) is 6.61 Å². The zero-order valence-electron chi connectivity index (χ0n) is 9.51. The molecule has 1 N–H and O–H groups in total. The number of alkyl halides is 2. The Hall–Kier alpha value is -0.710. The molecular formula is C10H18F2O3. The second kappa shape index (κ2) is 4.88. The number of aliphatic hydroxyl groups is 1. The Bertz CT molecular complexity index is 221. The number of carbonyl (C=O) groups is 1. The summed E-state index contributed by atoms with van der Waals surface area (Å²) in [7, 11) is 0. The molecule has 0 aromatic carbocycles. The molecule has 0 aromatic rings. The number of esters is 1. The van der Waals surface area contributed by atoms with Crippen LogP contribution in [0.5, 0.6) is 0 Å². The minimum Gasteiger partial charge on any atom is -0.461 e. The van der Waals surface area contributed by atoms with E-state index in [1.165, 1.54) is 6.92 Å². The maximum Gasteiger partial charge on any atom is 0.379 e. The van der Waals surface area contributed by atoms with Crippen molar-refractivity contribution in [3.8, 4) is 0 Å². The van der Waals surface area contributed by atoms with Gasteiger partial charge in [-0.05, 0) is 18.8 Å². The molecule has 0 spiro atoms. The molecule has 0 aliphatic carbocycles. The van der Waals surface area contributed by atoms with Crippen molar-refractivity contribution >= 4 is 5.97 Å². The minimum absolute atomic E-state index is 0.128. The Labute approximate surface area is 88.4 Å². The lowest BCUT2D eigenvalue weighted by Gasteiger charge is -2.26. The first-order chi connectivity index (χ1) is 6.61. The molecule has 0 unspecified atom stereocenters. The maximum absolute atomic E-state index is 13.2. The van der Waals surface area contributed by atoms with Crippen molar-refractivity contribution < 1.29 is 23.4 Å². The first kappa shape index (κ1) is 14.3. The molecule has 0 radical (unpaired) electrons. The van der Waals surface area contributed by atoms with E-state index < -0.39 is 23.4 Å². The SMILES string of the molecule is CCOC(=O)C(F)(F)[C@@H](O)CC(C)(C)C. The van der Waals surface area contributed by atoms with Crippen LogP contribution in [0.1, 0.15) is 34.1 Å². The Morgan fingerprint density at radius 3 is 2.20 bits per heavy atom. The quantitative estimate of drug-likeness (QED) is 0.743. The van der Waals surface area contributed by atoms with E-state index in [4.69, 9.17) is 0 Å². The Morgan fingerprint density at radius 2 is 1.87 bits per heavy atom. The molecule has 1 atom stereocenters. The highest BCUT2D eigenvalue weighted by molar-refractivity contribution is 5.78. The highest BCUT2D eigenvalue weighted by atomic mass is 19.3. The van der Waals surface area contributed by atoms with E-state index in [2.05, 4.69) is 4.74 Å². The fourth-order valence-electron chi connectivity index (χ4n) is 1.07. The smallest absolute Gasteiger partial charge is 0.379 e. The van der Waals surface area contributed by atoms with Crippen LogP contribution in [0, 0.1) is 5.41 Å². The molecule has 3 nitrogen and oxygen atoms in total. The average Bonchev–Trinajstić information content (AvgIpc) is 2.01. The Balaban J connectivity index is 4.51. The molecule has 0 aliphatic rings. The van der Waals surface area contributed by atoms with E-state index in [1.54, 1.807) is 20.8 Å². The van der Waals surface area contributed by atoms with E-state index >= 15 is 0 Å². The van der Waals surface area contributed by atoms with Gasteiger partial charge in [0, 0.05) is 0 Å². The summed E-state index contributed by atoms with van der Waals surface area (Å²) in [5.41, 5.74) is -0.477. The molecule has 0 heterocycles. The summed E-state index contributed by atoms with van der Waals surface area (Å²) in [6, 6.07) is 0. The fraction of sp³-hybridized carbons (Fsp3) is 0.900. The van der Waals surface area contributed by atoms with Crippen molar-refractivity contribution in [2.24, 2.45) is 5.41 Å². The van der Waals surface area contributed by atoms with E-state index in [0.717, 1.165) is 0 Å². The number of rotatable bonds is 4. The van der Waals surface area contributed by atoms with Crippen LogP contribution in [-0.4, -0.2) is 29.7 Å². The lowest BCUT2D eigenvalue weighted by molar-refractivity contribution is -0.190. The molecule has 0 rings (SSSR count). The summed E-state index contributed by atoms with van der Waals surface area (Å²) in [5, 5.41) is 9.26. The van der Waals surface area contributed by atoms with Gasteiger partial charge < -0.3 is 9.84 Å². The van der Waals surface area contributed by atoms with Crippen LogP contribution in [-0.2, 0) is 9.53 Å². The third-order valence-electron chi connectivity index (χ3n) is 1.77. The summed E-state index contributed by atoms with van der Waals surface area (Å²) >= 11 is 0. The lowest BCUT2D eigenvalue weighted by Crippen LogP contribution is -2.44. The van der Waals surface area contributed by atoms with Gasteiger partial charge in [0.1, 0.15) is 6.10 Å². The summed E-state index contributed by atoms with van der Waals surface area (Å²) in [6.45, 7) is 6.42. The van der Waals surface area contributed by atoms with Gasteiger partial charge in [-0.1, -0.05) is 20.8 Å². The number of hydrogen-bond donors (Lipinski definition) is 1. The molecule has 0 amide bonds. The van der Waals surface area contributed by atoms with Crippen LogP contribution < -0.4 is 0 Å². The van der Waals surface area contributed by atoms with Crippen molar-refractivity contribution in [3.05, 3.63) is 0 Å². The van der Waals surface area contributed by atoms with E-state index in [1.807, 2.05) is 0 Å². The number of aliphatic hydroxyl groups excluding tert-OH is 1. The lowest BCUT2D eigenvalue weighted by atomic mass is 9.87. The minimum atomic E-state index is -3.83. The third kappa shape index (κ3) is 4.55. The van der Waals surface area contributed by atoms with Gasteiger partial charge in [-0.25, -0.2) is 4.79 Å². The number of hydrogen-bond acceptors (Lipinski definition) is 3. The molecule has 0 saturated carbocycles. The first-order valence-electron chi connectivity index (χ1n) is 4.84. The number of ether oxygens (including phenoxy) is 1. The molecule has 0 saturated heterocycles. The van der Waals surface area contributed by atoms with Gasteiger partial charge in [-0.15, -0.1) is 0 Å². The van der Waals surface area contributed by atoms with Crippen molar-refractivity contribution in [1.29, 1.82) is 0 Å². The standard InChI is InChI=1S/C10H18F2O3/c1-5-15-8(14)10(11,12)7(13)6-9(2,3)4/h7,13H,5-6H2,1-4H3/t7-/m0/s1. The second-order valence-electron chi connectivity index (χ2n) is 4.62. The van der Waals surface area contributed by atoms with Crippen LogP contribution >= 0.6 is 0 Å². The third-order valence-corrected chi connectivity index (χ3v) is 1.77. The van der Waals surface area contributed by atoms with Crippen molar-refractivity contribution in [1.82, 2.24) is 0 Å². The maximum atomic E-state index is 13.2. The van der Waals surface area contributed by atoms with Gasteiger partial charge in [0.25, 0.3) is 0 Å². The molecule has 0 aliphatic heterocycles. The number of carbonyl (C=O) groups excluding carboxylic acids is 1. The van der Waals surface area contributed by atoms with Gasteiger partial charge in [0.15, 0.2) is 0 Å². The summed E-state index contributed by atoms with van der Waals surface area (Å²) < 4.78 is 30.6. The van der Waals surface area contributed by atoms with E-state index in [-0.39, 0.29) is 13.0 Å². The van der Waals surface area contributed by atoms with Crippen molar-refractivity contribution in [3.63, 3.8) is 0 Å². The zero-order chi connectivity index (χ0) is 12.3. The van der Waals surface area contributed by atoms with Crippen LogP contribution in [0.2, 0.25) is 0 Å². The van der Waals surface area contributed by atoms with Gasteiger partial charge in [0.05, 0.1) is 6.61 Å². The summed E-state index contributed by atoms with van der Waals surface area (Å²) in [4.78, 5) is 10.9. The van der Waals surface area contributed by atoms with E-state index in [9.17, 15) is 18.7 Å². The normalized spacial score (nSPS) is 14.9. The van der Waals surface area contributed by atoms with Gasteiger partial charge in [-0.2, -0.15) is 8.78 Å². The highest BCUT2D eigenvalue weighted by Gasteiger charge is 2.49. The summed E-state index contributed by atoms with van der Waals surface area (Å²) in [6.07, 6.45) is -2.17. The number of halogens is 2. The predicted octanol–water partition coefficient (Wildman–Crippen LogP) is 1.98. The monoisotopic (exact) mass is 224 g/mol. The van der Waals surface area contributed by atoms with E-state index in [0.29, 0.717) is 0 Å². The van der Waals surface area contributed by atoms with Crippen molar-refractivity contribution in [2.45, 2.75) is 46.1 Å². The Morgan fingerprint density at radius 1 is 1.40 bits per heavy atom. The molecule has 15 heavy (non-hydrogen) atoms. The predicted molar refractivity (Wildman–Crippen MR) is 51.7 cm³/mol. The first-order valence-corrected chi connectivity index (χ1v) is 4.84. The largest absolute Gasteiger partial charge is 0.461 e. The molecule has 5 heteroatoms. The van der Waals surface area contributed by atoms with Crippen LogP contribution in [0.4, 0.5) is 8.78 Å². The molecule has 0 aromatic heterocycles. The molecular weight excluding hydrogens is 206 g/mol. The van der Waals surface area contributed by atoms with Crippen LogP contribution in [0.25, 0.3) is 0 Å². The molecule has 90 valence electrons. The second-order valence-corrected chi connectivity index (χ2v) is 4.62. The van der Waals surface area contributed by atoms with Gasteiger partial charge in [0.2, 0.25) is 0 Å². The van der Waals surface area contributed by atoms with Crippen LogP contribution in [0.3, 0.4) is 0 Å². The van der Waals surface area contributed by atoms with Gasteiger partial charge >= 0.3 is 11.9 Å². The average molecular weight is 224 g/mol.